The van der Waals surface area contributed by atoms with Crippen molar-refractivity contribution in [1.29, 1.82) is 0 Å². The van der Waals surface area contributed by atoms with Crippen molar-refractivity contribution >= 4 is 5.78 Å². The molecule has 0 spiro atoms. The van der Waals surface area contributed by atoms with E-state index in [4.69, 9.17) is 5.11 Å². The number of rotatable bonds is 3. The fourth-order valence-corrected chi connectivity index (χ4v) is 7.10. The Morgan fingerprint density at radius 1 is 1.12 bits per heavy atom. The summed E-state index contributed by atoms with van der Waals surface area (Å²) in [6, 6.07) is 0. The Kier molecular flexibility index (Phi) is 4.23. The van der Waals surface area contributed by atoms with Crippen LogP contribution in [0, 0.1) is 28.6 Å². The van der Waals surface area contributed by atoms with Crippen molar-refractivity contribution in [1.82, 2.24) is 0 Å². The lowest BCUT2D eigenvalue weighted by molar-refractivity contribution is -0.117. The van der Waals surface area contributed by atoms with Gasteiger partial charge in [0.15, 0.2) is 5.78 Å². The number of ketones is 1. The second kappa shape index (κ2) is 6.12. The van der Waals surface area contributed by atoms with Gasteiger partial charge >= 0.3 is 0 Å². The molecule has 0 aromatic carbocycles. The zero-order valence-corrected chi connectivity index (χ0v) is 15.1. The van der Waals surface area contributed by atoms with Gasteiger partial charge in [0, 0.05) is 6.42 Å². The second-order valence-corrected chi connectivity index (χ2v) is 9.12. The fraction of sp³-hybridized carbons (Fsp3) is 0.773. The van der Waals surface area contributed by atoms with E-state index in [0.29, 0.717) is 16.6 Å². The lowest BCUT2D eigenvalue weighted by Crippen LogP contribution is -2.49. The predicted molar refractivity (Wildman–Crippen MR) is 96.5 cm³/mol. The molecule has 0 unspecified atom stereocenters. The molecule has 24 heavy (non-hydrogen) atoms. The first-order valence-electron chi connectivity index (χ1n) is 10.1. The van der Waals surface area contributed by atoms with Crippen LogP contribution < -0.4 is 0 Å². The molecule has 0 heterocycles. The molecule has 0 saturated heterocycles. The van der Waals surface area contributed by atoms with Gasteiger partial charge in [0.25, 0.3) is 0 Å². The molecular weight excluding hydrogens is 296 g/mol. The van der Waals surface area contributed by atoms with Crippen LogP contribution in [0.3, 0.4) is 0 Å². The van der Waals surface area contributed by atoms with Gasteiger partial charge in [0.2, 0.25) is 0 Å². The Bertz CT molecular complexity index is 575. The predicted octanol–water partition coefficient (Wildman–Crippen LogP) is 4.83. The third-order valence-electron chi connectivity index (χ3n) is 8.28. The van der Waals surface area contributed by atoms with Crippen molar-refractivity contribution in [3.63, 3.8) is 0 Å². The van der Waals surface area contributed by atoms with E-state index >= 15 is 0 Å². The van der Waals surface area contributed by atoms with Gasteiger partial charge in [-0.25, -0.2) is 0 Å². The van der Waals surface area contributed by atoms with E-state index in [9.17, 15) is 4.79 Å². The summed E-state index contributed by atoms with van der Waals surface area (Å²) in [6.45, 7) is 2.64. The standard InChI is InChI=1S/C22H32O2/c1-21-12-8-17(24)15-16(21)6-7-18-19(21)9-13-22(10-2-3-14-23)11-4-5-20(18)22/h2-3,15,18-20,23H,4-14H2,1H3/t18-,19+,20+,21+,22+/m1/s1. The van der Waals surface area contributed by atoms with Crippen LogP contribution in [-0.2, 0) is 4.79 Å². The topological polar surface area (TPSA) is 37.3 Å². The molecule has 0 aromatic heterocycles. The summed E-state index contributed by atoms with van der Waals surface area (Å²) in [5.74, 6) is 2.89. The van der Waals surface area contributed by atoms with E-state index in [1.807, 2.05) is 12.2 Å². The molecule has 4 aliphatic carbocycles. The zero-order chi connectivity index (χ0) is 16.8. The first-order valence-corrected chi connectivity index (χ1v) is 10.1. The van der Waals surface area contributed by atoms with Crippen molar-refractivity contribution in [2.75, 3.05) is 6.61 Å². The molecule has 4 aliphatic rings. The molecule has 5 atom stereocenters. The van der Waals surface area contributed by atoms with E-state index in [0.717, 1.165) is 37.0 Å². The summed E-state index contributed by atoms with van der Waals surface area (Å²) in [5.41, 5.74) is 2.28. The highest BCUT2D eigenvalue weighted by Crippen LogP contribution is 2.66. The Morgan fingerprint density at radius 3 is 2.83 bits per heavy atom. The number of allylic oxidation sites excluding steroid dienone is 2. The molecule has 132 valence electrons. The number of carbonyl (C=O) groups is 1. The van der Waals surface area contributed by atoms with Gasteiger partial charge in [-0.1, -0.05) is 31.1 Å². The largest absolute Gasteiger partial charge is 0.392 e. The Morgan fingerprint density at radius 2 is 2.00 bits per heavy atom. The highest BCUT2D eigenvalue weighted by Gasteiger charge is 2.57. The Hall–Kier alpha value is -0.890. The SMILES string of the molecule is C[C@]12CCC(=O)C=C1CC[C@H]1[C@@H]3CCC[C@@]3(CC=CCO)CC[C@@H]12. The smallest absolute Gasteiger partial charge is 0.155 e. The van der Waals surface area contributed by atoms with Crippen LogP contribution in [0.2, 0.25) is 0 Å². The Labute approximate surface area is 146 Å². The lowest BCUT2D eigenvalue weighted by Gasteiger charge is -2.58. The minimum absolute atomic E-state index is 0.174. The average molecular weight is 328 g/mol. The number of hydrogen-bond acceptors (Lipinski definition) is 2. The summed E-state index contributed by atoms with van der Waals surface area (Å²) >= 11 is 0. The van der Waals surface area contributed by atoms with Crippen LogP contribution in [0.4, 0.5) is 0 Å². The quantitative estimate of drug-likeness (QED) is 0.754. The molecule has 2 heteroatoms. The number of aliphatic hydroxyl groups excluding tert-OH is 1. The molecule has 3 fully saturated rings. The highest BCUT2D eigenvalue weighted by molar-refractivity contribution is 5.91. The van der Waals surface area contributed by atoms with Crippen molar-refractivity contribution < 1.29 is 9.90 Å². The van der Waals surface area contributed by atoms with Crippen LogP contribution in [0.5, 0.6) is 0 Å². The molecule has 0 amide bonds. The number of fused-ring (bicyclic) bond motifs is 5. The van der Waals surface area contributed by atoms with Crippen LogP contribution in [-0.4, -0.2) is 17.5 Å². The van der Waals surface area contributed by atoms with E-state index in [2.05, 4.69) is 13.0 Å². The number of hydrogen-bond donors (Lipinski definition) is 1. The molecule has 0 bridgehead atoms. The first kappa shape index (κ1) is 16.6. The third kappa shape index (κ3) is 2.44. The first-order chi connectivity index (χ1) is 11.6. The molecular formula is C22H32O2. The van der Waals surface area contributed by atoms with Crippen LogP contribution in [0.25, 0.3) is 0 Å². The van der Waals surface area contributed by atoms with Crippen molar-refractivity contribution in [3.05, 3.63) is 23.8 Å². The second-order valence-electron chi connectivity index (χ2n) is 9.12. The van der Waals surface area contributed by atoms with Gasteiger partial charge in [-0.15, -0.1) is 0 Å². The maximum atomic E-state index is 11.9. The third-order valence-corrected chi connectivity index (χ3v) is 8.28. The zero-order valence-electron chi connectivity index (χ0n) is 15.1. The molecule has 0 aromatic rings. The molecule has 4 rings (SSSR count). The molecule has 1 N–H and O–H groups in total. The van der Waals surface area contributed by atoms with Crippen LogP contribution in [0.15, 0.2) is 23.8 Å². The number of carbonyl (C=O) groups excluding carboxylic acids is 1. The van der Waals surface area contributed by atoms with E-state index in [-0.39, 0.29) is 6.61 Å². The Balaban J connectivity index is 1.61. The molecule has 0 aliphatic heterocycles. The minimum Gasteiger partial charge on any atom is -0.392 e. The minimum atomic E-state index is 0.174. The van der Waals surface area contributed by atoms with E-state index in [1.54, 1.807) is 0 Å². The van der Waals surface area contributed by atoms with Gasteiger partial charge in [0.1, 0.15) is 0 Å². The van der Waals surface area contributed by atoms with Crippen molar-refractivity contribution in [2.45, 2.75) is 71.1 Å². The molecule has 3 saturated carbocycles. The molecule has 2 nitrogen and oxygen atoms in total. The fourth-order valence-electron chi connectivity index (χ4n) is 7.10. The average Bonchev–Trinajstić information content (AvgIpc) is 3.00. The normalized spacial score (nSPS) is 44.8. The molecule has 0 radical (unpaired) electrons. The van der Waals surface area contributed by atoms with Crippen LogP contribution >= 0.6 is 0 Å². The van der Waals surface area contributed by atoms with E-state index in [1.165, 1.54) is 50.5 Å². The summed E-state index contributed by atoms with van der Waals surface area (Å²) in [6.07, 6.45) is 18.5. The summed E-state index contributed by atoms with van der Waals surface area (Å²) in [7, 11) is 0. The monoisotopic (exact) mass is 328 g/mol. The lowest BCUT2D eigenvalue weighted by atomic mass is 9.47. The maximum Gasteiger partial charge on any atom is 0.155 e. The van der Waals surface area contributed by atoms with Gasteiger partial charge < -0.3 is 5.11 Å². The van der Waals surface area contributed by atoms with E-state index < -0.39 is 0 Å². The summed E-state index contributed by atoms with van der Waals surface area (Å²) in [5, 5.41) is 9.09. The van der Waals surface area contributed by atoms with Gasteiger partial charge in [-0.2, -0.15) is 0 Å². The van der Waals surface area contributed by atoms with Crippen molar-refractivity contribution in [2.24, 2.45) is 28.6 Å². The van der Waals surface area contributed by atoms with Gasteiger partial charge in [0.05, 0.1) is 6.61 Å². The summed E-state index contributed by atoms with van der Waals surface area (Å²) < 4.78 is 0. The summed E-state index contributed by atoms with van der Waals surface area (Å²) in [4.78, 5) is 11.9. The van der Waals surface area contributed by atoms with Crippen LogP contribution in [0.1, 0.15) is 71.1 Å². The number of aliphatic hydroxyl groups is 1. The van der Waals surface area contributed by atoms with Gasteiger partial charge in [-0.3, -0.25) is 4.79 Å². The van der Waals surface area contributed by atoms with Crippen molar-refractivity contribution in [3.8, 4) is 0 Å². The highest BCUT2D eigenvalue weighted by atomic mass is 16.2. The van der Waals surface area contributed by atoms with Gasteiger partial charge in [-0.05, 0) is 86.0 Å². The maximum absolute atomic E-state index is 11.9.